The molecule has 0 aromatic heterocycles. The molecule has 1 saturated carbocycles. The second-order valence-corrected chi connectivity index (χ2v) is 8.34. The second kappa shape index (κ2) is 3.50. The van der Waals surface area contributed by atoms with Crippen molar-refractivity contribution in [3.05, 3.63) is 0 Å². The summed E-state index contributed by atoms with van der Waals surface area (Å²) in [5.74, 6) is 1.73. The molecule has 0 aliphatic heterocycles. The van der Waals surface area contributed by atoms with E-state index >= 15 is 0 Å². The van der Waals surface area contributed by atoms with Crippen LogP contribution in [0.1, 0.15) is 68.2 Å². The van der Waals surface area contributed by atoms with Crippen molar-refractivity contribution in [1.82, 2.24) is 0 Å². The second-order valence-electron chi connectivity index (χ2n) is 8.34. The van der Waals surface area contributed by atoms with Gasteiger partial charge in [-0.2, -0.15) is 0 Å². The molecule has 0 unspecified atom stereocenters. The summed E-state index contributed by atoms with van der Waals surface area (Å²) < 4.78 is 0. The molecule has 1 fully saturated rings. The summed E-state index contributed by atoms with van der Waals surface area (Å²) in [5, 5.41) is 0. The Hall–Kier alpha value is 0. The first-order chi connectivity index (χ1) is 6.46. The molecule has 0 heterocycles. The van der Waals surface area contributed by atoms with Crippen molar-refractivity contribution < 1.29 is 0 Å². The summed E-state index contributed by atoms with van der Waals surface area (Å²) in [6.07, 6.45) is 2.81. The van der Waals surface area contributed by atoms with Crippen LogP contribution >= 0.6 is 0 Å². The molecule has 1 aliphatic rings. The molecule has 0 nitrogen and oxygen atoms in total. The third kappa shape index (κ3) is 2.57. The summed E-state index contributed by atoms with van der Waals surface area (Å²) in [7, 11) is 0. The largest absolute Gasteiger partial charge is 0.0599 e. The molecule has 0 amide bonds. The van der Waals surface area contributed by atoms with Gasteiger partial charge in [0, 0.05) is 0 Å². The maximum absolute atomic E-state index is 2.47. The molecule has 0 radical (unpaired) electrons. The zero-order chi connectivity index (χ0) is 12.1. The first-order valence-electron chi connectivity index (χ1n) is 6.46. The highest BCUT2D eigenvalue weighted by Crippen LogP contribution is 2.58. The molecule has 0 N–H and O–H groups in total. The highest BCUT2D eigenvalue weighted by molar-refractivity contribution is 5.00. The van der Waals surface area contributed by atoms with Crippen LogP contribution in [0, 0.1) is 28.1 Å². The van der Waals surface area contributed by atoms with Gasteiger partial charge in [0.25, 0.3) is 0 Å². The predicted molar refractivity (Wildman–Crippen MR) is 68.9 cm³/mol. The zero-order valence-corrected chi connectivity index (χ0v) is 12.1. The van der Waals surface area contributed by atoms with Crippen LogP contribution in [0.15, 0.2) is 0 Å². The summed E-state index contributed by atoms with van der Waals surface area (Å²) in [6.45, 7) is 19.4. The van der Waals surface area contributed by atoms with E-state index in [0.29, 0.717) is 16.2 Å². The minimum Gasteiger partial charge on any atom is -0.0599 e. The Morgan fingerprint density at radius 1 is 0.867 bits per heavy atom. The van der Waals surface area contributed by atoms with E-state index < -0.39 is 0 Å². The van der Waals surface area contributed by atoms with Crippen LogP contribution in [0.2, 0.25) is 0 Å². The van der Waals surface area contributed by atoms with E-state index in [2.05, 4.69) is 55.4 Å². The molecular weight excluding hydrogens is 180 g/mol. The Labute approximate surface area is 96.8 Å². The monoisotopic (exact) mass is 210 g/mol. The quantitative estimate of drug-likeness (QED) is 0.520. The molecule has 0 heteroatoms. The summed E-state index contributed by atoms with van der Waals surface area (Å²) in [4.78, 5) is 0. The highest BCUT2D eigenvalue weighted by atomic mass is 14.6. The summed E-state index contributed by atoms with van der Waals surface area (Å²) >= 11 is 0. The molecule has 0 aromatic carbocycles. The van der Waals surface area contributed by atoms with Gasteiger partial charge in [-0.15, -0.1) is 0 Å². The van der Waals surface area contributed by atoms with Gasteiger partial charge in [-0.3, -0.25) is 0 Å². The van der Waals surface area contributed by atoms with Crippen LogP contribution in [-0.2, 0) is 0 Å². The van der Waals surface area contributed by atoms with Gasteiger partial charge in [0.1, 0.15) is 0 Å². The Bertz CT molecular complexity index is 221. The predicted octanol–water partition coefficient (Wildman–Crippen LogP) is 5.13. The van der Waals surface area contributed by atoms with Crippen molar-refractivity contribution >= 4 is 0 Å². The minimum absolute atomic E-state index is 0.442. The van der Waals surface area contributed by atoms with Crippen molar-refractivity contribution in [2.75, 3.05) is 0 Å². The van der Waals surface area contributed by atoms with Crippen molar-refractivity contribution in [2.45, 2.75) is 68.2 Å². The van der Waals surface area contributed by atoms with Gasteiger partial charge in [-0.05, 0) is 40.9 Å². The Morgan fingerprint density at radius 2 is 1.33 bits per heavy atom. The molecule has 0 spiro atoms. The molecule has 0 saturated heterocycles. The van der Waals surface area contributed by atoms with Gasteiger partial charge in [0.2, 0.25) is 0 Å². The molecular formula is C15H30. The lowest BCUT2D eigenvalue weighted by molar-refractivity contribution is 0.0344. The Morgan fingerprint density at radius 3 is 1.60 bits per heavy atom. The maximum Gasteiger partial charge on any atom is -0.0281 e. The molecule has 2 atom stereocenters. The van der Waals surface area contributed by atoms with Crippen LogP contribution in [0.25, 0.3) is 0 Å². The molecule has 15 heavy (non-hydrogen) atoms. The van der Waals surface area contributed by atoms with Gasteiger partial charge >= 0.3 is 0 Å². The first kappa shape index (κ1) is 13.1. The Balaban J connectivity index is 3.03. The number of hydrogen-bond acceptors (Lipinski definition) is 0. The fraction of sp³-hybridized carbons (Fsp3) is 1.00. The third-order valence-corrected chi connectivity index (χ3v) is 4.39. The molecule has 90 valence electrons. The van der Waals surface area contributed by atoms with Crippen LogP contribution < -0.4 is 0 Å². The number of hydrogen-bond donors (Lipinski definition) is 0. The summed E-state index contributed by atoms with van der Waals surface area (Å²) in [5.41, 5.74) is 1.43. The third-order valence-electron chi connectivity index (χ3n) is 4.39. The first-order valence-corrected chi connectivity index (χ1v) is 6.46. The SMILES string of the molecule is CC(C)(C)[C@H]1[C@@H](C(C)(C)C)CCC1(C)C. The van der Waals surface area contributed by atoms with Crippen LogP contribution in [0.5, 0.6) is 0 Å². The highest BCUT2D eigenvalue weighted by Gasteiger charge is 2.50. The average Bonchev–Trinajstić information content (AvgIpc) is 2.21. The van der Waals surface area contributed by atoms with E-state index in [0.717, 1.165) is 11.8 Å². The zero-order valence-electron chi connectivity index (χ0n) is 12.1. The van der Waals surface area contributed by atoms with Crippen molar-refractivity contribution in [1.29, 1.82) is 0 Å². The smallest absolute Gasteiger partial charge is 0.0281 e. The van der Waals surface area contributed by atoms with E-state index in [1.807, 2.05) is 0 Å². The maximum atomic E-state index is 2.47. The van der Waals surface area contributed by atoms with Gasteiger partial charge < -0.3 is 0 Å². The molecule has 1 aliphatic carbocycles. The van der Waals surface area contributed by atoms with Crippen LogP contribution in [0.4, 0.5) is 0 Å². The lowest BCUT2D eigenvalue weighted by atomic mass is 9.60. The van der Waals surface area contributed by atoms with Crippen molar-refractivity contribution in [2.24, 2.45) is 28.1 Å². The van der Waals surface area contributed by atoms with Crippen LogP contribution in [0.3, 0.4) is 0 Å². The van der Waals surface area contributed by atoms with E-state index in [1.54, 1.807) is 0 Å². The lowest BCUT2D eigenvalue weighted by Crippen LogP contribution is -2.38. The molecule has 1 rings (SSSR count). The number of rotatable bonds is 0. The summed E-state index contributed by atoms with van der Waals surface area (Å²) in [6, 6.07) is 0. The molecule has 0 aromatic rings. The topological polar surface area (TPSA) is 0 Å². The molecule has 0 bridgehead atoms. The van der Waals surface area contributed by atoms with E-state index in [9.17, 15) is 0 Å². The standard InChI is InChI=1S/C15H30/c1-13(2,3)11-9-10-15(7,8)12(11)14(4,5)6/h11-12H,9-10H2,1-8H3/t11-,12+/m0/s1. The van der Waals surface area contributed by atoms with Gasteiger partial charge in [-0.1, -0.05) is 55.4 Å². The normalized spacial score (nSPS) is 32.0. The van der Waals surface area contributed by atoms with E-state index in [4.69, 9.17) is 0 Å². The van der Waals surface area contributed by atoms with Crippen LogP contribution in [-0.4, -0.2) is 0 Å². The van der Waals surface area contributed by atoms with Crippen molar-refractivity contribution in [3.63, 3.8) is 0 Å². The van der Waals surface area contributed by atoms with E-state index in [-0.39, 0.29) is 0 Å². The van der Waals surface area contributed by atoms with Gasteiger partial charge in [-0.25, -0.2) is 0 Å². The van der Waals surface area contributed by atoms with Crippen molar-refractivity contribution in [3.8, 4) is 0 Å². The minimum atomic E-state index is 0.442. The fourth-order valence-corrected chi connectivity index (χ4v) is 4.10. The lowest BCUT2D eigenvalue weighted by Gasteiger charge is -2.45. The van der Waals surface area contributed by atoms with E-state index in [1.165, 1.54) is 12.8 Å². The van der Waals surface area contributed by atoms with Gasteiger partial charge in [0.05, 0.1) is 0 Å². The fourth-order valence-electron chi connectivity index (χ4n) is 4.10. The average molecular weight is 210 g/mol. The Kier molecular flexibility index (Phi) is 3.05. The van der Waals surface area contributed by atoms with Gasteiger partial charge in [0.15, 0.2) is 0 Å².